The Kier molecular flexibility index (Phi) is 3.95. The number of benzene rings is 5. The minimum Gasteiger partial charge on any atom is -0.473 e. The molecule has 2 heteroatoms. The van der Waals surface area contributed by atoms with Crippen LogP contribution in [0.1, 0.15) is 32.6 Å². The number of hydrogen-bond acceptors (Lipinski definition) is 2. The van der Waals surface area contributed by atoms with Crippen LogP contribution in [0.5, 0.6) is 5.75 Å². The first-order valence-electron chi connectivity index (χ1n) is 11.5. The molecule has 2 nitrogen and oxygen atoms in total. The summed E-state index contributed by atoms with van der Waals surface area (Å²) in [5.41, 5.74) is 6.58. The van der Waals surface area contributed by atoms with Crippen LogP contribution in [0, 0.1) is 0 Å². The summed E-state index contributed by atoms with van der Waals surface area (Å²) in [7, 11) is 0. The maximum absolute atomic E-state index is 12.9. The Morgan fingerprint density at radius 3 is 2.06 bits per heavy atom. The Labute approximate surface area is 197 Å². The molecule has 0 N–H and O–H groups in total. The third-order valence-corrected chi connectivity index (χ3v) is 7.02. The minimum atomic E-state index is -0.628. The van der Waals surface area contributed by atoms with Crippen LogP contribution in [0.3, 0.4) is 0 Å². The third kappa shape index (κ3) is 2.60. The molecule has 5 aromatic carbocycles. The summed E-state index contributed by atoms with van der Waals surface area (Å²) in [6.45, 7) is 0. The summed E-state index contributed by atoms with van der Waals surface area (Å²) in [5, 5.41) is 2.10. The lowest BCUT2D eigenvalue weighted by molar-refractivity contribution is 0.103. The topological polar surface area (TPSA) is 26.3 Å². The maximum atomic E-state index is 12.9. The molecule has 5 aromatic rings. The fourth-order valence-electron chi connectivity index (χ4n) is 5.42. The molecule has 7 rings (SSSR count). The van der Waals surface area contributed by atoms with Gasteiger partial charge in [-0.15, -0.1) is 0 Å². The minimum absolute atomic E-state index is 0.0325. The molecule has 0 saturated heterocycles. The highest BCUT2D eigenvalue weighted by Crippen LogP contribution is 2.53. The number of ether oxygens (including phenoxy) is 1. The molecule has 0 atom stereocenters. The molecule has 2 aliphatic rings. The molecule has 1 spiro atoms. The SMILES string of the molecule is O=C(c1ccccc1)c1ccc2c3c(ccc2c1)OC1(C=C3)c2ccccc2-c2ccccc21. The molecule has 0 unspecified atom stereocenters. The van der Waals surface area contributed by atoms with E-state index in [0.29, 0.717) is 11.1 Å². The van der Waals surface area contributed by atoms with Crippen molar-refractivity contribution in [2.75, 3.05) is 0 Å². The maximum Gasteiger partial charge on any atom is 0.193 e. The first kappa shape index (κ1) is 19.1. The van der Waals surface area contributed by atoms with E-state index in [2.05, 4.69) is 66.7 Å². The van der Waals surface area contributed by atoms with Gasteiger partial charge in [-0.25, -0.2) is 0 Å². The van der Waals surface area contributed by atoms with Crippen LogP contribution in [0.15, 0.2) is 115 Å². The lowest BCUT2D eigenvalue weighted by Gasteiger charge is -2.34. The Hall–Kier alpha value is -4.43. The zero-order valence-electron chi connectivity index (χ0n) is 18.4. The highest BCUT2D eigenvalue weighted by molar-refractivity contribution is 6.11. The van der Waals surface area contributed by atoms with Crippen molar-refractivity contribution < 1.29 is 9.53 Å². The lowest BCUT2D eigenvalue weighted by Crippen LogP contribution is -2.32. The molecule has 1 aliphatic heterocycles. The molecule has 0 radical (unpaired) electrons. The van der Waals surface area contributed by atoms with Crippen molar-refractivity contribution in [2.24, 2.45) is 0 Å². The van der Waals surface area contributed by atoms with Gasteiger partial charge in [0.25, 0.3) is 0 Å². The van der Waals surface area contributed by atoms with Gasteiger partial charge in [-0.3, -0.25) is 4.79 Å². The van der Waals surface area contributed by atoms with Crippen LogP contribution < -0.4 is 4.74 Å². The van der Waals surface area contributed by atoms with Crippen molar-refractivity contribution in [2.45, 2.75) is 5.60 Å². The highest BCUT2D eigenvalue weighted by atomic mass is 16.5. The number of carbonyl (C=O) groups is 1. The molecule has 0 bridgehead atoms. The summed E-state index contributed by atoms with van der Waals surface area (Å²) < 4.78 is 6.83. The monoisotopic (exact) mass is 436 g/mol. The largest absolute Gasteiger partial charge is 0.473 e. The van der Waals surface area contributed by atoms with E-state index in [0.717, 1.165) is 22.1 Å². The van der Waals surface area contributed by atoms with Crippen LogP contribution >= 0.6 is 0 Å². The number of carbonyl (C=O) groups excluding carboxylic acids is 1. The van der Waals surface area contributed by atoms with Crippen molar-refractivity contribution >= 4 is 22.6 Å². The molecule has 1 heterocycles. The first-order chi connectivity index (χ1) is 16.7. The van der Waals surface area contributed by atoms with Gasteiger partial charge in [0.2, 0.25) is 0 Å². The van der Waals surface area contributed by atoms with Crippen molar-refractivity contribution in [3.8, 4) is 16.9 Å². The zero-order chi connectivity index (χ0) is 22.7. The van der Waals surface area contributed by atoms with Crippen LogP contribution in [0.25, 0.3) is 28.0 Å². The predicted octanol–water partition coefficient (Wildman–Crippen LogP) is 7.40. The smallest absolute Gasteiger partial charge is 0.193 e. The second-order valence-electron chi connectivity index (χ2n) is 8.87. The van der Waals surface area contributed by atoms with E-state index < -0.39 is 5.60 Å². The Bertz CT molecular complexity index is 1600. The van der Waals surface area contributed by atoms with Gasteiger partial charge in [-0.1, -0.05) is 97.1 Å². The van der Waals surface area contributed by atoms with Gasteiger partial charge < -0.3 is 4.74 Å². The van der Waals surface area contributed by atoms with Gasteiger partial charge in [-0.2, -0.15) is 0 Å². The van der Waals surface area contributed by atoms with Gasteiger partial charge >= 0.3 is 0 Å². The number of rotatable bonds is 2. The van der Waals surface area contributed by atoms with Crippen molar-refractivity contribution in [1.29, 1.82) is 0 Å². The second kappa shape index (κ2) is 7.03. The Morgan fingerprint density at radius 2 is 1.32 bits per heavy atom. The van der Waals surface area contributed by atoms with Crippen LogP contribution in [0.4, 0.5) is 0 Å². The predicted molar refractivity (Wildman–Crippen MR) is 136 cm³/mol. The highest BCUT2D eigenvalue weighted by Gasteiger charge is 2.45. The lowest BCUT2D eigenvalue weighted by atomic mass is 9.87. The average molecular weight is 437 g/mol. The molecule has 1 aliphatic carbocycles. The van der Waals surface area contributed by atoms with Crippen molar-refractivity contribution in [3.05, 3.63) is 143 Å². The van der Waals surface area contributed by atoms with Gasteiger partial charge in [0.1, 0.15) is 5.75 Å². The van der Waals surface area contributed by atoms with E-state index >= 15 is 0 Å². The quantitative estimate of drug-likeness (QED) is 0.270. The van der Waals surface area contributed by atoms with Crippen LogP contribution in [-0.4, -0.2) is 5.78 Å². The van der Waals surface area contributed by atoms with Crippen molar-refractivity contribution in [3.63, 3.8) is 0 Å². The number of fused-ring (bicyclic) bond motifs is 8. The van der Waals surface area contributed by atoms with Crippen molar-refractivity contribution in [1.82, 2.24) is 0 Å². The molecular weight excluding hydrogens is 416 g/mol. The fraction of sp³-hybridized carbons (Fsp3) is 0.0312. The standard InChI is InChI=1S/C32H20O2/c33-31(21-8-2-1-3-9-21)23-14-16-24-22(20-23)15-17-30-27(24)18-19-32(34-30)28-12-6-4-10-25(28)26-11-5-7-13-29(26)32/h1-20H. The van der Waals surface area contributed by atoms with Gasteiger partial charge in [0.15, 0.2) is 11.4 Å². The second-order valence-corrected chi connectivity index (χ2v) is 8.87. The molecule has 0 amide bonds. The molecule has 0 fully saturated rings. The number of ketones is 1. The van der Waals surface area contributed by atoms with Crippen LogP contribution in [0.2, 0.25) is 0 Å². The molecule has 0 aromatic heterocycles. The summed E-state index contributed by atoms with van der Waals surface area (Å²) >= 11 is 0. The van der Waals surface area contributed by atoms with Gasteiger partial charge in [0.05, 0.1) is 0 Å². The average Bonchev–Trinajstić information content (AvgIpc) is 3.17. The zero-order valence-corrected chi connectivity index (χ0v) is 18.4. The summed E-state index contributed by atoms with van der Waals surface area (Å²) in [6.07, 6.45) is 4.36. The van der Waals surface area contributed by atoms with Crippen LogP contribution in [-0.2, 0) is 5.60 Å². The summed E-state index contributed by atoms with van der Waals surface area (Å²) in [5.74, 6) is 0.883. The molecular formula is C32H20O2. The molecule has 0 saturated carbocycles. The third-order valence-electron chi connectivity index (χ3n) is 7.02. The van der Waals surface area contributed by atoms with E-state index in [1.807, 2.05) is 54.6 Å². The Morgan fingerprint density at radius 1 is 0.647 bits per heavy atom. The van der Waals surface area contributed by atoms with E-state index in [9.17, 15) is 4.79 Å². The van der Waals surface area contributed by atoms with Gasteiger partial charge in [-0.05, 0) is 46.2 Å². The van der Waals surface area contributed by atoms with Gasteiger partial charge in [0, 0.05) is 27.8 Å². The summed E-state index contributed by atoms with van der Waals surface area (Å²) in [6, 6.07) is 36.4. The van der Waals surface area contributed by atoms with E-state index in [-0.39, 0.29) is 5.78 Å². The van der Waals surface area contributed by atoms with E-state index in [1.165, 1.54) is 22.3 Å². The van der Waals surface area contributed by atoms with E-state index in [4.69, 9.17) is 4.74 Å². The Balaban J connectivity index is 1.35. The first-order valence-corrected chi connectivity index (χ1v) is 11.5. The normalized spacial score (nSPS) is 14.4. The fourth-order valence-corrected chi connectivity index (χ4v) is 5.42. The molecule has 160 valence electrons. The molecule has 34 heavy (non-hydrogen) atoms. The summed E-state index contributed by atoms with van der Waals surface area (Å²) in [4.78, 5) is 12.9. The number of hydrogen-bond donors (Lipinski definition) is 0. The van der Waals surface area contributed by atoms with E-state index in [1.54, 1.807) is 0 Å².